The Hall–Kier alpha value is -1.69. The van der Waals surface area contributed by atoms with Crippen LogP contribution in [-0.4, -0.2) is 30.1 Å². The van der Waals surface area contributed by atoms with Gasteiger partial charge in [0.25, 0.3) is 11.8 Å². The van der Waals surface area contributed by atoms with Gasteiger partial charge in [0, 0.05) is 8.95 Å². The molecule has 160 valence electrons. The number of carbonyl (C=O) groups is 2. The molecular weight excluding hydrogens is 606 g/mol. The lowest BCUT2D eigenvalue weighted by Gasteiger charge is -2.13. The molecule has 0 aromatic heterocycles. The number of hydrogen-bond donors (Lipinski definition) is 3. The van der Waals surface area contributed by atoms with Crippen LogP contribution in [0.2, 0.25) is 0 Å². The topological polar surface area (TPSA) is 88.7 Å². The van der Waals surface area contributed by atoms with Crippen LogP contribution >= 0.6 is 60.0 Å². The Labute approximate surface area is 204 Å². The van der Waals surface area contributed by atoms with Crippen LogP contribution < -0.4 is 25.6 Å². The molecule has 0 aliphatic heterocycles. The number of carbonyl (C=O) groups excluding carboxylic acids is 2. The van der Waals surface area contributed by atoms with Crippen LogP contribution in [0.15, 0.2) is 43.7 Å². The SMILES string of the molecule is Cc1cc(OCC(=O)NC(=S)NNC(=O)COc2c(C)cc(Br)cc2Br)ccc1Br. The number of thiocarbonyl (C=S) groups is 1. The summed E-state index contributed by atoms with van der Waals surface area (Å²) in [5.74, 6) is 0.185. The summed E-state index contributed by atoms with van der Waals surface area (Å²) < 4.78 is 13.5. The van der Waals surface area contributed by atoms with Crippen molar-refractivity contribution in [3.63, 3.8) is 0 Å². The molecule has 0 saturated carbocycles. The maximum absolute atomic E-state index is 11.9. The number of hydrazine groups is 1. The van der Waals surface area contributed by atoms with Crippen LogP contribution in [0.25, 0.3) is 0 Å². The predicted molar refractivity (Wildman–Crippen MR) is 128 cm³/mol. The second-order valence-electron chi connectivity index (χ2n) is 6.07. The fourth-order valence-corrected chi connectivity index (χ4v) is 4.19. The van der Waals surface area contributed by atoms with Crippen molar-refractivity contribution < 1.29 is 19.1 Å². The van der Waals surface area contributed by atoms with Gasteiger partial charge in [0.2, 0.25) is 0 Å². The molecule has 3 N–H and O–H groups in total. The average Bonchev–Trinajstić information content (AvgIpc) is 2.66. The normalized spacial score (nSPS) is 10.2. The van der Waals surface area contributed by atoms with Gasteiger partial charge in [-0.05, 0) is 83.5 Å². The van der Waals surface area contributed by atoms with Gasteiger partial charge in [0.05, 0.1) is 4.47 Å². The van der Waals surface area contributed by atoms with Crippen molar-refractivity contribution in [2.75, 3.05) is 13.2 Å². The largest absolute Gasteiger partial charge is 0.484 e. The minimum atomic E-state index is -0.470. The summed E-state index contributed by atoms with van der Waals surface area (Å²) in [6.45, 7) is 3.32. The zero-order chi connectivity index (χ0) is 22.3. The third-order valence-electron chi connectivity index (χ3n) is 3.61. The Morgan fingerprint density at radius 1 is 0.900 bits per heavy atom. The first-order valence-electron chi connectivity index (χ1n) is 8.51. The quantitative estimate of drug-likeness (QED) is 0.332. The second kappa shape index (κ2) is 11.6. The van der Waals surface area contributed by atoms with Gasteiger partial charge < -0.3 is 9.47 Å². The first-order valence-corrected chi connectivity index (χ1v) is 11.3. The highest BCUT2D eigenvalue weighted by molar-refractivity contribution is 9.11. The highest BCUT2D eigenvalue weighted by Crippen LogP contribution is 2.32. The molecule has 0 radical (unpaired) electrons. The minimum absolute atomic E-state index is 0.0649. The second-order valence-corrected chi connectivity index (χ2v) is 9.11. The molecule has 0 bridgehead atoms. The smallest absolute Gasteiger partial charge is 0.276 e. The van der Waals surface area contributed by atoms with E-state index in [2.05, 4.69) is 64.0 Å². The van der Waals surface area contributed by atoms with Gasteiger partial charge in [-0.1, -0.05) is 31.9 Å². The van der Waals surface area contributed by atoms with Crippen molar-refractivity contribution in [3.05, 3.63) is 54.9 Å². The van der Waals surface area contributed by atoms with E-state index in [1.807, 2.05) is 32.0 Å². The van der Waals surface area contributed by atoms with Crippen molar-refractivity contribution >= 4 is 76.9 Å². The van der Waals surface area contributed by atoms with Gasteiger partial charge in [-0.3, -0.25) is 25.8 Å². The predicted octanol–water partition coefficient (Wildman–Crippen LogP) is 4.07. The third-order valence-corrected chi connectivity index (χ3v) is 5.75. The number of aryl methyl sites for hydroxylation is 2. The number of hydrogen-bond acceptors (Lipinski definition) is 5. The lowest BCUT2D eigenvalue weighted by molar-refractivity contribution is -0.124. The molecule has 2 rings (SSSR count). The van der Waals surface area contributed by atoms with E-state index < -0.39 is 11.8 Å². The number of ether oxygens (including phenoxy) is 2. The maximum Gasteiger partial charge on any atom is 0.276 e. The third kappa shape index (κ3) is 7.86. The van der Waals surface area contributed by atoms with E-state index in [1.54, 1.807) is 12.1 Å². The van der Waals surface area contributed by atoms with Crippen LogP contribution in [0, 0.1) is 13.8 Å². The van der Waals surface area contributed by atoms with Gasteiger partial charge in [0.1, 0.15) is 11.5 Å². The molecule has 0 spiro atoms. The molecule has 0 saturated heterocycles. The number of halogens is 3. The molecule has 2 amide bonds. The molecule has 30 heavy (non-hydrogen) atoms. The molecule has 0 aliphatic carbocycles. The number of nitrogens with one attached hydrogen (secondary N) is 3. The fourth-order valence-electron chi connectivity index (χ4n) is 2.22. The van der Waals surface area contributed by atoms with Gasteiger partial charge in [-0.25, -0.2) is 0 Å². The van der Waals surface area contributed by atoms with E-state index in [1.165, 1.54) is 0 Å². The molecule has 0 aliphatic rings. The summed E-state index contributed by atoms with van der Waals surface area (Å²) in [4.78, 5) is 23.9. The van der Waals surface area contributed by atoms with Gasteiger partial charge >= 0.3 is 0 Å². The zero-order valence-electron chi connectivity index (χ0n) is 16.0. The summed E-state index contributed by atoms with van der Waals surface area (Å²) in [5, 5.41) is 2.34. The molecule has 0 fully saturated rings. The maximum atomic E-state index is 11.9. The number of amides is 2. The Morgan fingerprint density at radius 3 is 2.27 bits per heavy atom. The molecule has 2 aromatic rings. The monoisotopic (exact) mass is 621 g/mol. The van der Waals surface area contributed by atoms with E-state index in [-0.39, 0.29) is 18.3 Å². The van der Waals surface area contributed by atoms with Crippen LogP contribution in [0.5, 0.6) is 11.5 Å². The summed E-state index contributed by atoms with van der Waals surface area (Å²) in [5.41, 5.74) is 6.65. The summed E-state index contributed by atoms with van der Waals surface area (Å²) >= 11 is 15.1. The average molecular weight is 624 g/mol. The van der Waals surface area contributed by atoms with Crippen LogP contribution in [0.4, 0.5) is 0 Å². The van der Waals surface area contributed by atoms with Gasteiger partial charge in [0.15, 0.2) is 18.3 Å². The first-order chi connectivity index (χ1) is 14.2. The van der Waals surface area contributed by atoms with E-state index in [0.29, 0.717) is 11.5 Å². The van der Waals surface area contributed by atoms with Gasteiger partial charge in [-0.15, -0.1) is 0 Å². The van der Waals surface area contributed by atoms with Crippen molar-refractivity contribution in [1.82, 2.24) is 16.2 Å². The Kier molecular flexibility index (Phi) is 9.53. The number of benzene rings is 2. The van der Waals surface area contributed by atoms with Crippen LogP contribution in [-0.2, 0) is 9.59 Å². The first kappa shape index (κ1) is 24.6. The summed E-state index contributed by atoms with van der Waals surface area (Å²) in [6, 6.07) is 9.08. The van der Waals surface area contributed by atoms with E-state index in [9.17, 15) is 9.59 Å². The summed E-state index contributed by atoms with van der Waals surface area (Å²) in [6.07, 6.45) is 0. The minimum Gasteiger partial charge on any atom is -0.484 e. The molecule has 2 aromatic carbocycles. The van der Waals surface area contributed by atoms with E-state index in [0.717, 1.165) is 24.5 Å². The Morgan fingerprint density at radius 2 is 1.60 bits per heavy atom. The molecule has 0 heterocycles. The highest BCUT2D eigenvalue weighted by Gasteiger charge is 2.11. The zero-order valence-corrected chi connectivity index (χ0v) is 21.6. The molecule has 0 unspecified atom stereocenters. The fraction of sp³-hybridized carbons (Fsp3) is 0.211. The molecular formula is C19H18Br3N3O4S. The van der Waals surface area contributed by atoms with E-state index >= 15 is 0 Å². The molecule has 11 heteroatoms. The van der Waals surface area contributed by atoms with Crippen molar-refractivity contribution in [3.8, 4) is 11.5 Å². The van der Waals surface area contributed by atoms with E-state index in [4.69, 9.17) is 21.7 Å². The molecule has 7 nitrogen and oxygen atoms in total. The Balaban J connectivity index is 1.71. The highest BCUT2D eigenvalue weighted by atomic mass is 79.9. The van der Waals surface area contributed by atoms with Crippen molar-refractivity contribution in [2.45, 2.75) is 13.8 Å². The number of rotatable bonds is 6. The van der Waals surface area contributed by atoms with Crippen LogP contribution in [0.1, 0.15) is 11.1 Å². The van der Waals surface area contributed by atoms with Gasteiger partial charge in [-0.2, -0.15) is 0 Å². The standard InChI is InChI=1S/C19H18Br3N3O4S/c1-10-6-13(3-4-14(10)21)28-8-16(26)23-19(30)25-24-17(27)9-29-18-11(2)5-12(20)7-15(18)22/h3-7H,8-9H2,1-2H3,(H,24,27)(H2,23,25,26,30). The lowest BCUT2D eigenvalue weighted by atomic mass is 10.2. The van der Waals surface area contributed by atoms with Crippen molar-refractivity contribution in [2.24, 2.45) is 0 Å². The summed E-state index contributed by atoms with van der Waals surface area (Å²) in [7, 11) is 0. The Bertz CT molecular complexity index is 949. The molecule has 0 atom stereocenters. The van der Waals surface area contributed by atoms with Crippen LogP contribution in [0.3, 0.4) is 0 Å². The van der Waals surface area contributed by atoms with Crippen molar-refractivity contribution in [1.29, 1.82) is 0 Å². The lowest BCUT2D eigenvalue weighted by Crippen LogP contribution is -2.50.